The monoisotopic (exact) mass is 548 g/mol. The lowest BCUT2D eigenvalue weighted by Gasteiger charge is -2.29. The summed E-state index contributed by atoms with van der Waals surface area (Å²) in [5.74, 6) is -0.811. The minimum atomic E-state index is -3.95. The first-order valence-corrected chi connectivity index (χ1v) is 13.9. The molecule has 38 heavy (non-hydrogen) atoms. The third-order valence-electron chi connectivity index (χ3n) is 6.85. The zero-order chi connectivity index (χ0) is 27.2. The van der Waals surface area contributed by atoms with Crippen molar-refractivity contribution in [2.75, 3.05) is 24.7 Å². The molecule has 204 valence electrons. The summed E-state index contributed by atoms with van der Waals surface area (Å²) in [6, 6.07) is 7.11. The summed E-state index contributed by atoms with van der Waals surface area (Å²) in [4.78, 5) is 18.9. The topological polar surface area (TPSA) is 102 Å². The maximum Gasteiger partial charge on any atom is 0.283 e. The number of ether oxygens (including phenoxy) is 2. The third kappa shape index (κ3) is 5.06. The van der Waals surface area contributed by atoms with E-state index in [1.54, 1.807) is 29.3 Å². The molecule has 1 aromatic carbocycles. The lowest BCUT2D eigenvalue weighted by molar-refractivity contribution is 0.0975. The number of imidazole rings is 1. The zero-order valence-corrected chi connectivity index (χ0v) is 22.2. The van der Waals surface area contributed by atoms with E-state index in [1.807, 2.05) is 0 Å². The largest absolute Gasteiger partial charge is 0.488 e. The van der Waals surface area contributed by atoms with Gasteiger partial charge in [-0.2, -0.15) is 0 Å². The number of nitrogens with one attached hydrogen (secondary N) is 1. The number of rotatable bonds is 6. The Morgan fingerprint density at radius 3 is 2.74 bits per heavy atom. The van der Waals surface area contributed by atoms with E-state index in [2.05, 4.69) is 9.71 Å². The first kappa shape index (κ1) is 26.4. The number of amides is 1. The highest BCUT2D eigenvalue weighted by Gasteiger charge is 2.37. The van der Waals surface area contributed by atoms with Crippen LogP contribution in [-0.2, 0) is 14.8 Å². The second-order valence-electron chi connectivity index (χ2n) is 10.6. The Labute approximate surface area is 219 Å². The Kier molecular flexibility index (Phi) is 6.80. The second kappa shape index (κ2) is 9.81. The standard InChI is InChI=1S/C26H30F2N4O5S/c1-26(2,3)38(34,35)30-25(33)22-12-29-24-7-5-18(14-32(22)24)31-13-17(28)11-21(31)20-10-16(27)4-6-23(20)37-19-8-9-36-15-19/h4-7,10,12,14,17,19,21H,8-9,11,13,15H2,1-3H3,(H,30,33). The molecule has 0 radical (unpaired) electrons. The molecule has 2 saturated heterocycles. The predicted molar refractivity (Wildman–Crippen MR) is 137 cm³/mol. The number of benzene rings is 1. The highest BCUT2D eigenvalue weighted by atomic mass is 32.2. The molecule has 1 N–H and O–H groups in total. The van der Waals surface area contributed by atoms with Gasteiger partial charge in [0.25, 0.3) is 5.91 Å². The van der Waals surface area contributed by atoms with Crippen LogP contribution < -0.4 is 14.4 Å². The number of pyridine rings is 1. The number of nitrogens with zero attached hydrogens (tertiary/aromatic N) is 3. The molecule has 2 aromatic heterocycles. The molecule has 4 heterocycles. The van der Waals surface area contributed by atoms with Crippen molar-refractivity contribution >= 4 is 27.3 Å². The van der Waals surface area contributed by atoms with E-state index in [1.165, 1.54) is 43.5 Å². The molecule has 12 heteroatoms. The number of aromatic nitrogens is 2. The van der Waals surface area contributed by atoms with Gasteiger partial charge in [-0.15, -0.1) is 0 Å². The van der Waals surface area contributed by atoms with E-state index in [9.17, 15) is 22.0 Å². The Bertz CT molecular complexity index is 1460. The van der Waals surface area contributed by atoms with Crippen LogP contribution in [0.3, 0.4) is 0 Å². The summed E-state index contributed by atoms with van der Waals surface area (Å²) in [7, 11) is -3.95. The Hall–Kier alpha value is -3.25. The summed E-state index contributed by atoms with van der Waals surface area (Å²) >= 11 is 0. The van der Waals surface area contributed by atoms with Gasteiger partial charge in [0.05, 0.1) is 35.9 Å². The van der Waals surface area contributed by atoms with Crippen LogP contribution in [-0.4, -0.2) is 60.5 Å². The van der Waals surface area contributed by atoms with Crippen molar-refractivity contribution in [3.63, 3.8) is 0 Å². The molecule has 3 aromatic rings. The smallest absolute Gasteiger partial charge is 0.283 e. The highest BCUT2D eigenvalue weighted by molar-refractivity contribution is 7.91. The number of carbonyl (C=O) groups excluding carboxylic acids is 1. The van der Waals surface area contributed by atoms with Gasteiger partial charge in [-0.3, -0.25) is 9.20 Å². The summed E-state index contributed by atoms with van der Waals surface area (Å²) in [6.45, 7) is 5.53. The van der Waals surface area contributed by atoms with Crippen molar-refractivity contribution in [3.05, 3.63) is 59.8 Å². The highest BCUT2D eigenvalue weighted by Crippen LogP contribution is 2.42. The Balaban J connectivity index is 1.49. The van der Waals surface area contributed by atoms with Crippen molar-refractivity contribution in [1.82, 2.24) is 14.1 Å². The fraction of sp³-hybridized carbons (Fsp3) is 0.462. The van der Waals surface area contributed by atoms with Crippen LogP contribution in [0.15, 0.2) is 42.7 Å². The quantitative estimate of drug-likeness (QED) is 0.500. The Morgan fingerprint density at radius 2 is 2.03 bits per heavy atom. The molecule has 0 aliphatic carbocycles. The minimum Gasteiger partial charge on any atom is -0.488 e. The van der Waals surface area contributed by atoms with E-state index in [0.29, 0.717) is 42.3 Å². The molecular formula is C26H30F2N4O5S. The molecule has 2 aliphatic heterocycles. The van der Waals surface area contributed by atoms with Crippen molar-refractivity contribution < 1.29 is 31.5 Å². The molecule has 3 atom stereocenters. The van der Waals surface area contributed by atoms with Gasteiger partial charge >= 0.3 is 0 Å². The number of hydrogen-bond donors (Lipinski definition) is 1. The number of anilines is 1. The summed E-state index contributed by atoms with van der Waals surface area (Å²) in [5.41, 5.74) is 1.51. The zero-order valence-electron chi connectivity index (χ0n) is 21.4. The van der Waals surface area contributed by atoms with E-state index in [0.717, 1.165) is 0 Å². The number of halogens is 2. The van der Waals surface area contributed by atoms with Crippen LogP contribution in [0.5, 0.6) is 5.75 Å². The molecule has 5 rings (SSSR count). The van der Waals surface area contributed by atoms with Crippen molar-refractivity contribution in [1.29, 1.82) is 0 Å². The van der Waals surface area contributed by atoms with Gasteiger partial charge in [-0.25, -0.2) is 26.9 Å². The fourth-order valence-electron chi connectivity index (χ4n) is 4.67. The number of alkyl halides is 1. The average Bonchev–Trinajstić information content (AvgIpc) is 3.58. The van der Waals surface area contributed by atoms with Crippen LogP contribution in [0.1, 0.15) is 55.7 Å². The van der Waals surface area contributed by atoms with Crippen LogP contribution in [0.25, 0.3) is 5.65 Å². The Morgan fingerprint density at radius 1 is 1.24 bits per heavy atom. The molecule has 2 aliphatic rings. The van der Waals surface area contributed by atoms with Gasteiger partial charge in [-0.05, 0) is 51.1 Å². The van der Waals surface area contributed by atoms with Gasteiger partial charge in [0.1, 0.15) is 35.2 Å². The van der Waals surface area contributed by atoms with Gasteiger partial charge < -0.3 is 14.4 Å². The van der Waals surface area contributed by atoms with E-state index < -0.39 is 38.7 Å². The van der Waals surface area contributed by atoms with E-state index >= 15 is 0 Å². The van der Waals surface area contributed by atoms with Crippen molar-refractivity contribution in [2.24, 2.45) is 0 Å². The number of fused-ring (bicyclic) bond motifs is 1. The van der Waals surface area contributed by atoms with Crippen LogP contribution in [0.2, 0.25) is 0 Å². The molecular weight excluding hydrogens is 518 g/mol. The van der Waals surface area contributed by atoms with Crippen LogP contribution in [0, 0.1) is 5.82 Å². The van der Waals surface area contributed by atoms with E-state index in [-0.39, 0.29) is 24.8 Å². The second-order valence-corrected chi connectivity index (χ2v) is 13.0. The lowest BCUT2D eigenvalue weighted by Crippen LogP contribution is -2.42. The first-order chi connectivity index (χ1) is 17.9. The van der Waals surface area contributed by atoms with Gasteiger partial charge in [-0.1, -0.05) is 0 Å². The van der Waals surface area contributed by atoms with Crippen molar-refractivity contribution in [2.45, 2.75) is 56.7 Å². The first-order valence-electron chi connectivity index (χ1n) is 12.4. The molecule has 1 amide bonds. The van der Waals surface area contributed by atoms with Crippen LogP contribution >= 0.6 is 0 Å². The van der Waals surface area contributed by atoms with Gasteiger partial charge in [0.15, 0.2) is 0 Å². The summed E-state index contributed by atoms with van der Waals surface area (Å²) < 4.78 is 68.1. The summed E-state index contributed by atoms with van der Waals surface area (Å²) in [6.07, 6.45) is 2.39. The molecule has 0 spiro atoms. The van der Waals surface area contributed by atoms with Crippen molar-refractivity contribution in [3.8, 4) is 5.75 Å². The normalized spacial score (nSPS) is 22.2. The number of hydrogen-bond acceptors (Lipinski definition) is 7. The number of sulfonamides is 1. The maximum atomic E-state index is 14.8. The average molecular weight is 549 g/mol. The molecule has 0 saturated carbocycles. The fourth-order valence-corrected chi connectivity index (χ4v) is 5.33. The molecule has 0 bridgehead atoms. The SMILES string of the molecule is CC(C)(C)S(=O)(=O)NC(=O)c1cnc2ccc(N3CC(F)CC3c3cc(F)ccc3OC3CCOC3)cn12. The van der Waals surface area contributed by atoms with E-state index in [4.69, 9.17) is 9.47 Å². The van der Waals surface area contributed by atoms with Gasteiger partial charge in [0, 0.05) is 31.1 Å². The molecule has 2 fully saturated rings. The molecule has 3 unspecified atom stereocenters. The predicted octanol–water partition coefficient (Wildman–Crippen LogP) is 3.79. The van der Waals surface area contributed by atoms with Gasteiger partial charge in [0.2, 0.25) is 10.0 Å². The molecule has 9 nitrogen and oxygen atoms in total. The summed E-state index contributed by atoms with van der Waals surface area (Å²) in [5, 5.41) is 0. The minimum absolute atomic E-state index is 0.0123. The van der Waals surface area contributed by atoms with Crippen LogP contribution in [0.4, 0.5) is 14.5 Å². The maximum absolute atomic E-state index is 14.8. The number of carbonyl (C=O) groups is 1. The third-order valence-corrected chi connectivity index (χ3v) is 8.92. The lowest BCUT2D eigenvalue weighted by atomic mass is 10.0.